The van der Waals surface area contributed by atoms with E-state index in [1.807, 2.05) is 25.7 Å². The molecule has 1 saturated heterocycles. The van der Waals surface area contributed by atoms with Gasteiger partial charge in [-0.05, 0) is 33.6 Å². The highest BCUT2D eigenvalue weighted by Crippen LogP contribution is 2.13. The predicted octanol–water partition coefficient (Wildman–Crippen LogP) is 1.59. The molecule has 178 valence electrons. The molecular weight excluding hydrogens is 404 g/mol. The van der Waals surface area contributed by atoms with E-state index in [0.29, 0.717) is 72.4 Å². The summed E-state index contributed by atoms with van der Waals surface area (Å²) in [5.74, 6) is 2.45. The van der Waals surface area contributed by atoms with E-state index in [1.165, 1.54) is 0 Å². The van der Waals surface area contributed by atoms with E-state index in [9.17, 15) is 9.59 Å². The maximum atomic E-state index is 12.3. The van der Waals surface area contributed by atoms with E-state index < -0.39 is 11.7 Å². The number of ether oxygens (including phenoxy) is 5. The van der Waals surface area contributed by atoms with E-state index >= 15 is 0 Å². The molecule has 0 atom stereocenters. The maximum Gasteiger partial charge on any atom is 0.407 e. The van der Waals surface area contributed by atoms with Gasteiger partial charge in [-0.2, -0.15) is 0 Å². The highest BCUT2D eigenvalue weighted by Gasteiger charge is 2.25. The molecule has 1 N–H and O–H groups in total. The van der Waals surface area contributed by atoms with Crippen molar-refractivity contribution < 1.29 is 33.3 Å². The van der Waals surface area contributed by atoms with Crippen molar-refractivity contribution in [2.24, 2.45) is 0 Å². The number of hydrogen-bond donors (Lipinski definition) is 1. The topological polar surface area (TPSA) is 95.6 Å². The van der Waals surface area contributed by atoms with Crippen LogP contribution in [0.15, 0.2) is 0 Å². The summed E-state index contributed by atoms with van der Waals surface area (Å²) in [7, 11) is 0. The van der Waals surface area contributed by atoms with Crippen molar-refractivity contribution >= 4 is 12.0 Å². The minimum absolute atomic E-state index is 0.0340. The number of alkyl carbamates (subject to hydrolysis) is 1. The van der Waals surface area contributed by atoms with Gasteiger partial charge < -0.3 is 33.9 Å². The number of nitrogens with one attached hydrogen (secondary N) is 1. The van der Waals surface area contributed by atoms with Gasteiger partial charge in [0, 0.05) is 19.1 Å². The van der Waals surface area contributed by atoms with Crippen LogP contribution in [0.5, 0.6) is 0 Å². The molecule has 1 heterocycles. The number of hydrogen-bond acceptors (Lipinski definition) is 7. The molecule has 0 unspecified atom stereocenters. The first-order valence-corrected chi connectivity index (χ1v) is 10.8. The molecule has 0 spiro atoms. The third kappa shape index (κ3) is 14.7. The first kappa shape index (κ1) is 27.2. The summed E-state index contributed by atoms with van der Waals surface area (Å²) in [6.45, 7) is 10.2. The number of carbonyl (C=O) groups is 2. The Kier molecular flexibility index (Phi) is 13.9. The number of amides is 2. The van der Waals surface area contributed by atoms with Gasteiger partial charge in [0.05, 0.1) is 52.7 Å². The van der Waals surface area contributed by atoms with E-state index in [2.05, 4.69) is 11.2 Å². The Labute approximate surface area is 186 Å². The molecule has 9 nitrogen and oxygen atoms in total. The van der Waals surface area contributed by atoms with E-state index in [-0.39, 0.29) is 11.9 Å². The summed E-state index contributed by atoms with van der Waals surface area (Å²) in [6.07, 6.45) is 6.43. The minimum atomic E-state index is -0.516. The van der Waals surface area contributed by atoms with Crippen LogP contribution in [0, 0.1) is 12.3 Å². The zero-order chi connectivity index (χ0) is 23.0. The Morgan fingerprint density at radius 1 is 0.935 bits per heavy atom. The SMILES string of the molecule is C#CCOCCOCCOCCOCCC(=O)N1CCC(NC(=O)OC(C)(C)C)CC1. The van der Waals surface area contributed by atoms with Gasteiger partial charge in [0.15, 0.2) is 0 Å². The number of carbonyl (C=O) groups excluding carboxylic acids is 2. The van der Waals surface area contributed by atoms with Crippen molar-refractivity contribution in [2.45, 2.75) is 51.7 Å². The maximum absolute atomic E-state index is 12.3. The first-order chi connectivity index (χ1) is 14.8. The van der Waals surface area contributed by atoms with Gasteiger partial charge in [0.2, 0.25) is 5.91 Å². The third-order valence-corrected chi connectivity index (χ3v) is 4.33. The Morgan fingerprint density at radius 3 is 1.97 bits per heavy atom. The lowest BCUT2D eigenvalue weighted by molar-refractivity contribution is -0.133. The molecule has 1 fully saturated rings. The van der Waals surface area contributed by atoms with Crippen LogP contribution in [0.25, 0.3) is 0 Å². The minimum Gasteiger partial charge on any atom is -0.444 e. The fourth-order valence-corrected chi connectivity index (χ4v) is 2.86. The molecule has 31 heavy (non-hydrogen) atoms. The van der Waals surface area contributed by atoms with Gasteiger partial charge >= 0.3 is 6.09 Å². The van der Waals surface area contributed by atoms with E-state index in [1.54, 1.807) is 0 Å². The normalized spacial score (nSPS) is 14.8. The molecule has 1 aliphatic rings. The zero-order valence-electron chi connectivity index (χ0n) is 19.2. The zero-order valence-corrected chi connectivity index (χ0v) is 19.2. The van der Waals surface area contributed by atoms with E-state index in [4.69, 9.17) is 30.1 Å². The van der Waals surface area contributed by atoms with Crippen LogP contribution in [0.1, 0.15) is 40.0 Å². The second-order valence-corrected chi connectivity index (χ2v) is 8.15. The third-order valence-electron chi connectivity index (χ3n) is 4.33. The van der Waals surface area contributed by atoms with Gasteiger partial charge in [0.25, 0.3) is 0 Å². The molecule has 0 aromatic rings. The van der Waals surface area contributed by atoms with Crippen LogP contribution in [0.4, 0.5) is 4.79 Å². The molecule has 0 aliphatic carbocycles. The summed E-state index contributed by atoms with van der Waals surface area (Å²) >= 11 is 0. The summed E-state index contributed by atoms with van der Waals surface area (Å²) in [5.41, 5.74) is -0.516. The second kappa shape index (κ2) is 15.9. The average molecular weight is 443 g/mol. The quantitative estimate of drug-likeness (QED) is 0.322. The second-order valence-electron chi connectivity index (χ2n) is 8.15. The van der Waals surface area contributed by atoms with Gasteiger partial charge in [-0.3, -0.25) is 4.79 Å². The van der Waals surface area contributed by atoms with Crippen LogP contribution < -0.4 is 5.32 Å². The average Bonchev–Trinajstić information content (AvgIpc) is 2.70. The van der Waals surface area contributed by atoms with Crippen LogP contribution in [0.2, 0.25) is 0 Å². The van der Waals surface area contributed by atoms with Crippen molar-refractivity contribution in [1.29, 1.82) is 0 Å². The van der Waals surface area contributed by atoms with Gasteiger partial charge in [-0.15, -0.1) is 6.42 Å². The molecule has 2 amide bonds. The fraction of sp³-hybridized carbons (Fsp3) is 0.818. The smallest absolute Gasteiger partial charge is 0.407 e. The Balaban J connectivity index is 1.96. The lowest BCUT2D eigenvalue weighted by Crippen LogP contribution is -2.47. The van der Waals surface area contributed by atoms with Crippen molar-refractivity contribution in [2.75, 3.05) is 65.9 Å². The van der Waals surface area contributed by atoms with Crippen molar-refractivity contribution in [1.82, 2.24) is 10.2 Å². The van der Waals surface area contributed by atoms with Crippen molar-refractivity contribution in [3.8, 4) is 12.3 Å². The van der Waals surface area contributed by atoms with Crippen molar-refractivity contribution in [3.63, 3.8) is 0 Å². The lowest BCUT2D eigenvalue weighted by Gasteiger charge is -2.33. The highest BCUT2D eigenvalue weighted by atomic mass is 16.6. The summed E-state index contributed by atoms with van der Waals surface area (Å²) in [4.78, 5) is 25.9. The Hall–Kier alpha value is -1.86. The fourth-order valence-electron chi connectivity index (χ4n) is 2.86. The molecule has 9 heteroatoms. The largest absolute Gasteiger partial charge is 0.444 e. The Morgan fingerprint density at radius 2 is 1.45 bits per heavy atom. The molecule has 1 rings (SSSR count). The molecule has 0 saturated carbocycles. The summed E-state index contributed by atoms with van der Waals surface area (Å²) < 4.78 is 26.5. The molecule has 0 aromatic heterocycles. The van der Waals surface area contributed by atoms with Gasteiger partial charge in [-0.1, -0.05) is 5.92 Å². The molecule has 0 radical (unpaired) electrons. The van der Waals surface area contributed by atoms with Gasteiger partial charge in [-0.25, -0.2) is 4.79 Å². The number of piperidine rings is 1. The number of likely N-dealkylation sites (tertiary alicyclic amines) is 1. The summed E-state index contributed by atoms with van der Waals surface area (Å²) in [6, 6.07) is 0.0340. The van der Waals surface area contributed by atoms with Crippen LogP contribution in [0.3, 0.4) is 0 Å². The van der Waals surface area contributed by atoms with E-state index in [0.717, 1.165) is 12.8 Å². The molecular formula is C22H38N2O7. The summed E-state index contributed by atoms with van der Waals surface area (Å²) in [5, 5.41) is 2.87. The highest BCUT2D eigenvalue weighted by molar-refractivity contribution is 5.76. The monoisotopic (exact) mass is 442 g/mol. The van der Waals surface area contributed by atoms with Crippen LogP contribution in [-0.4, -0.2) is 94.5 Å². The number of rotatable bonds is 14. The lowest BCUT2D eigenvalue weighted by atomic mass is 10.0. The van der Waals surface area contributed by atoms with Crippen molar-refractivity contribution in [3.05, 3.63) is 0 Å². The predicted molar refractivity (Wildman–Crippen MR) is 116 cm³/mol. The molecule has 0 bridgehead atoms. The van der Waals surface area contributed by atoms with Crippen LogP contribution in [-0.2, 0) is 28.5 Å². The molecule has 0 aromatic carbocycles. The Bertz CT molecular complexity index is 549. The number of terminal acetylenes is 1. The standard InChI is InChI=1S/C22H38N2O7/c1-5-11-27-13-15-29-17-18-30-16-14-28-12-8-20(25)24-9-6-19(7-10-24)23-21(26)31-22(2,3)4/h1,19H,6-18H2,2-4H3,(H,23,26). The first-order valence-electron chi connectivity index (χ1n) is 10.8. The van der Waals surface area contributed by atoms with Gasteiger partial charge in [0.1, 0.15) is 12.2 Å². The number of nitrogens with zero attached hydrogens (tertiary/aromatic N) is 1. The molecule has 1 aliphatic heterocycles. The van der Waals surface area contributed by atoms with Crippen LogP contribution >= 0.6 is 0 Å².